The number of nitrogens with one attached hydrogen (secondary N) is 4. The van der Waals surface area contributed by atoms with Crippen molar-refractivity contribution in [2.24, 2.45) is 0 Å². The Kier molecular flexibility index (Phi) is 9.90. The van der Waals surface area contributed by atoms with Gasteiger partial charge in [0.05, 0.1) is 23.5 Å². The highest BCUT2D eigenvalue weighted by Crippen LogP contribution is 2.17. The standard InChI is InChI=1S/C24H31N5O7/c1-24(2,3)36-23(35)25-12-13-29(15-21(32)33)20(31)14-26-22(34)18-6-4-5-7-19(18)28-27-16-8-10-17(30)11-9-16/h4-11,27-28,30H,12-15H2,1-3H3,(H,25,35)(H,26,34)(H,32,33). The summed E-state index contributed by atoms with van der Waals surface area (Å²) in [5.74, 6) is -2.31. The molecule has 194 valence electrons. The molecular weight excluding hydrogens is 470 g/mol. The van der Waals surface area contributed by atoms with Gasteiger partial charge in [0.2, 0.25) is 5.91 Å². The van der Waals surface area contributed by atoms with Gasteiger partial charge in [0.1, 0.15) is 17.9 Å². The van der Waals surface area contributed by atoms with Crippen molar-refractivity contribution in [3.05, 3.63) is 54.1 Å². The molecule has 0 spiro atoms. The summed E-state index contributed by atoms with van der Waals surface area (Å²) in [6, 6.07) is 12.9. The molecule has 6 N–H and O–H groups in total. The zero-order valence-corrected chi connectivity index (χ0v) is 20.3. The van der Waals surface area contributed by atoms with Crippen molar-refractivity contribution < 1.29 is 34.1 Å². The number of ether oxygens (including phenoxy) is 1. The molecule has 0 aliphatic carbocycles. The fraction of sp³-hybridized carbons (Fsp3) is 0.333. The number of rotatable bonds is 11. The molecule has 0 aromatic heterocycles. The number of phenols is 1. The van der Waals surface area contributed by atoms with Crippen LogP contribution in [-0.2, 0) is 14.3 Å². The Morgan fingerprint density at radius 1 is 0.944 bits per heavy atom. The van der Waals surface area contributed by atoms with Crippen LogP contribution in [-0.4, -0.2) is 70.8 Å². The second-order valence-corrected chi connectivity index (χ2v) is 8.66. The van der Waals surface area contributed by atoms with E-state index in [0.29, 0.717) is 11.4 Å². The number of aliphatic carboxylic acids is 1. The largest absolute Gasteiger partial charge is 0.508 e. The summed E-state index contributed by atoms with van der Waals surface area (Å²) in [6.45, 7) is 3.94. The summed E-state index contributed by atoms with van der Waals surface area (Å²) >= 11 is 0. The highest BCUT2D eigenvalue weighted by molar-refractivity contribution is 6.01. The lowest BCUT2D eigenvalue weighted by Crippen LogP contribution is -2.46. The van der Waals surface area contributed by atoms with Gasteiger partial charge in [-0.15, -0.1) is 0 Å². The smallest absolute Gasteiger partial charge is 0.407 e. The summed E-state index contributed by atoms with van der Waals surface area (Å²) in [5, 5.41) is 23.5. The summed E-state index contributed by atoms with van der Waals surface area (Å²) in [4.78, 5) is 49.3. The number of nitrogens with zero attached hydrogens (tertiary/aromatic N) is 1. The SMILES string of the molecule is CC(C)(C)OC(=O)NCCN(CC(=O)O)C(=O)CNC(=O)c1ccccc1NNc1ccc(O)cc1. The molecule has 0 aliphatic rings. The molecule has 2 aromatic rings. The van der Waals surface area contributed by atoms with Crippen molar-refractivity contribution in [3.63, 3.8) is 0 Å². The number of alkyl carbamates (subject to hydrolysis) is 1. The normalized spacial score (nSPS) is 10.6. The highest BCUT2D eigenvalue weighted by atomic mass is 16.6. The topological polar surface area (TPSA) is 169 Å². The summed E-state index contributed by atoms with van der Waals surface area (Å²) in [6.07, 6.45) is -0.691. The van der Waals surface area contributed by atoms with E-state index in [1.165, 1.54) is 12.1 Å². The number of carboxylic acid groups (broad SMARTS) is 1. The van der Waals surface area contributed by atoms with E-state index in [2.05, 4.69) is 21.5 Å². The molecule has 2 rings (SSSR count). The van der Waals surface area contributed by atoms with E-state index in [-0.39, 0.29) is 24.4 Å². The number of benzene rings is 2. The molecule has 0 bridgehead atoms. The predicted octanol–water partition coefficient (Wildman–Crippen LogP) is 2.00. The molecule has 0 atom stereocenters. The monoisotopic (exact) mass is 501 g/mol. The van der Waals surface area contributed by atoms with E-state index in [1.807, 2.05) is 0 Å². The van der Waals surface area contributed by atoms with Crippen molar-refractivity contribution in [2.45, 2.75) is 26.4 Å². The minimum absolute atomic E-state index is 0.0302. The van der Waals surface area contributed by atoms with Crippen LogP contribution >= 0.6 is 0 Å². The minimum atomic E-state index is -1.23. The van der Waals surface area contributed by atoms with Crippen LogP contribution in [0, 0.1) is 0 Å². The van der Waals surface area contributed by atoms with E-state index in [4.69, 9.17) is 9.84 Å². The average Bonchev–Trinajstić information content (AvgIpc) is 2.80. The van der Waals surface area contributed by atoms with Gasteiger partial charge in [-0.1, -0.05) is 12.1 Å². The van der Waals surface area contributed by atoms with Crippen molar-refractivity contribution in [2.75, 3.05) is 37.0 Å². The lowest BCUT2D eigenvalue weighted by Gasteiger charge is -2.23. The first-order chi connectivity index (χ1) is 16.9. The summed E-state index contributed by atoms with van der Waals surface area (Å²) in [7, 11) is 0. The molecule has 0 saturated heterocycles. The van der Waals surface area contributed by atoms with Gasteiger partial charge in [-0.25, -0.2) is 4.79 Å². The molecule has 0 fully saturated rings. The molecule has 0 unspecified atom stereocenters. The molecule has 0 saturated carbocycles. The number of aromatic hydroxyl groups is 1. The highest BCUT2D eigenvalue weighted by Gasteiger charge is 2.20. The van der Waals surface area contributed by atoms with Crippen LogP contribution in [0.3, 0.4) is 0 Å². The Hall–Kier alpha value is -4.48. The van der Waals surface area contributed by atoms with Gasteiger partial charge in [0, 0.05) is 13.1 Å². The maximum Gasteiger partial charge on any atom is 0.407 e. The molecule has 12 nitrogen and oxygen atoms in total. The van der Waals surface area contributed by atoms with Crippen LogP contribution in [0.2, 0.25) is 0 Å². The minimum Gasteiger partial charge on any atom is -0.508 e. The fourth-order valence-electron chi connectivity index (χ4n) is 2.90. The van der Waals surface area contributed by atoms with E-state index < -0.39 is 42.6 Å². The van der Waals surface area contributed by atoms with Crippen LogP contribution < -0.4 is 21.5 Å². The Morgan fingerprint density at radius 2 is 1.61 bits per heavy atom. The number of hydrogen-bond donors (Lipinski definition) is 6. The van der Waals surface area contributed by atoms with Gasteiger partial charge in [-0.05, 0) is 57.2 Å². The molecule has 0 heterocycles. The fourth-order valence-corrected chi connectivity index (χ4v) is 2.90. The van der Waals surface area contributed by atoms with Gasteiger partial charge in [0.25, 0.3) is 5.91 Å². The molecule has 36 heavy (non-hydrogen) atoms. The number of anilines is 2. The number of carboxylic acids is 1. The van der Waals surface area contributed by atoms with Crippen LogP contribution in [0.15, 0.2) is 48.5 Å². The number of para-hydroxylation sites is 1. The summed E-state index contributed by atoms with van der Waals surface area (Å²) in [5.41, 5.74) is 6.43. The first kappa shape index (κ1) is 27.8. The van der Waals surface area contributed by atoms with Gasteiger partial charge in [-0.3, -0.25) is 14.4 Å². The Labute approximate surface area is 208 Å². The third kappa shape index (κ3) is 9.79. The van der Waals surface area contributed by atoms with E-state index in [9.17, 15) is 24.3 Å². The Balaban J connectivity index is 1.93. The number of phenolic OH excluding ortho intramolecular Hbond substituents is 1. The molecule has 0 aliphatic heterocycles. The molecule has 3 amide bonds. The van der Waals surface area contributed by atoms with E-state index in [0.717, 1.165) is 4.90 Å². The first-order valence-electron chi connectivity index (χ1n) is 11.1. The maximum absolute atomic E-state index is 12.7. The van der Waals surface area contributed by atoms with Crippen LogP contribution in [0.5, 0.6) is 5.75 Å². The van der Waals surface area contributed by atoms with E-state index >= 15 is 0 Å². The lowest BCUT2D eigenvalue weighted by atomic mass is 10.1. The Morgan fingerprint density at radius 3 is 2.25 bits per heavy atom. The molecule has 12 heteroatoms. The number of hydrazine groups is 1. The third-order valence-electron chi connectivity index (χ3n) is 4.51. The lowest BCUT2D eigenvalue weighted by molar-refractivity contribution is -0.144. The van der Waals surface area contributed by atoms with Crippen molar-refractivity contribution in [3.8, 4) is 5.75 Å². The van der Waals surface area contributed by atoms with Crippen LogP contribution in [0.4, 0.5) is 16.2 Å². The number of carbonyl (C=O) groups excluding carboxylic acids is 3. The maximum atomic E-state index is 12.7. The van der Waals surface area contributed by atoms with Gasteiger partial charge in [0.15, 0.2) is 0 Å². The van der Waals surface area contributed by atoms with Crippen LogP contribution in [0.1, 0.15) is 31.1 Å². The number of amides is 3. The summed E-state index contributed by atoms with van der Waals surface area (Å²) < 4.78 is 5.10. The number of hydrogen-bond acceptors (Lipinski definition) is 8. The van der Waals surface area contributed by atoms with Gasteiger partial charge < -0.3 is 41.3 Å². The molecule has 0 radical (unpaired) electrons. The zero-order valence-electron chi connectivity index (χ0n) is 20.3. The van der Waals surface area contributed by atoms with Crippen molar-refractivity contribution >= 4 is 35.3 Å². The van der Waals surface area contributed by atoms with Gasteiger partial charge >= 0.3 is 12.1 Å². The van der Waals surface area contributed by atoms with Gasteiger partial charge in [-0.2, -0.15) is 0 Å². The Bertz CT molecular complexity index is 1070. The quantitative estimate of drug-likeness (QED) is 0.199. The average molecular weight is 502 g/mol. The van der Waals surface area contributed by atoms with Crippen molar-refractivity contribution in [1.29, 1.82) is 0 Å². The van der Waals surface area contributed by atoms with Crippen molar-refractivity contribution in [1.82, 2.24) is 15.5 Å². The second-order valence-electron chi connectivity index (χ2n) is 8.66. The molecule has 2 aromatic carbocycles. The molecular formula is C24H31N5O7. The second kappa shape index (κ2) is 12.8. The van der Waals surface area contributed by atoms with Crippen LogP contribution in [0.25, 0.3) is 0 Å². The first-order valence-corrected chi connectivity index (χ1v) is 11.1. The third-order valence-corrected chi connectivity index (χ3v) is 4.51. The van der Waals surface area contributed by atoms with E-state index in [1.54, 1.807) is 57.2 Å². The number of carbonyl (C=O) groups is 4. The predicted molar refractivity (Wildman–Crippen MR) is 133 cm³/mol. The zero-order chi connectivity index (χ0) is 26.7.